The van der Waals surface area contributed by atoms with Crippen molar-refractivity contribution in [2.24, 2.45) is 0 Å². The summed E-state index contributed by atoms with van der Waals surface area (Å²) in [5.41, 5.74) is 1.03. The molecule has 0 bridgehead atoms. The molecule has 19 heavy (non-hydrogen) atoms. The summed E-state index contributed by atoms with van der Waals surface area (Å²) in [5, 5.41) is 15.8. The molecular weight excluding hydrogens is 250 g/mol. The highest BCUT2D eigenvalue weighted by Crippen LogP contribution is 2.22. The molecule has 100 valence electrons. The second-order valence-corrected chi connectivity index (χ2v) is 4.40. The van der Waals surface area contributed by atoms with E-state index in [2.05, 4.69) is 10.6 Å². The molecule has 1 fully saturated rings. The Balaban J connectivity index is 2.14. The van der Waals surface area contributed by atoms with Crippen LogP contribution in [0.1, 0.15) is 18.4 Å². The third kappa shape index (κ3) is 2.87. The maximum Gasteiger partial charge on any atom is 0.271 e. The molecule has 2 amide bonds. The second-order valence-electron chi connectivity index (χ2n) is 4.40. The van der Waals surface area contributed by atoms with E-state index in [9.17, 15) is 19.7 Å². The third-order valence-corrected chi connectivity index (χ3v) is 3.00. The molecule has 1 aliphatic heterocycles. The normalized spacial score (nSPS) is 17.9. The summed E-state index contributed by atoms with van der Waals surface area (Å²) in [6.45, 7) is 1.74. The quantitative estimate of drug-likeness (QED) is 0.630. The van der Waals surface area contributed by atoms with Crippen molar-refractivity contribution in [2.75, 3.05) is 5.32 Å². The number of carbonyl (C=O) groups is 2. The Kier molecular flexibility index (Phi) is 3.46. The second kappa shape index (κ2) is 5.05. The van der Waals surface area contributed by atoms with Crippen molar-refractivity contribution in [3.8, 4) is 0 Å². The first-order valence-electron chi connectivity index (χ1n) is 5.82. The van der Waals surface area contributed by atoms with Gasteiger partial charge in [0.25, 0.3) is 5.69 Å². The third-order valence-electron chi connectivity index (χ3n) is 3.00. The molecule has 7 heteroatoms. The molecule has 0 spiro atoms. The Morgan fingerprint density at radius 3 is 2.84 bits per heavy atom. The van der Waals surface area contributed by atoms with Gasteiger partial charge in [-0.25, -0.2) is 0 Å². The monoisotopic (exact) mass is 263 g/mol. The lowest BCUT2D eigenvalue weighted by atomic mass is 10.1. The van der Waals surface area contributed by atoms with E-state index in [1.54, 1.807) is 13.0 Å². The summed E-state index contributed by atoms with van der Waals surface area (Å²) in [7, 11) is 0. The fourth-order valence-electron chi connectivity index (χ4n) is 1.89. The number of amides is 2. The van der Waals surface area contributed by atoms with E-state index in [4.69, 9.17) is 0 Å². The molecule has 2 rings (SSSR count). The Hall–Kier alpha value is -2.44. The number of benzene rings is 1. The minimum Gasteiger partial charge on any atom is -0.344 e. The summed E-state index contributed by atoms with van der Waals surface area (Å²) < 4.78 is 0. The van der Waals surface area contributed by atoms with Crippen LogP contribution in [0, 0.1) is 17.0 Å². The Morgan fingerprint density at radius 1 is 1.53 bits per heavy atom. The molecule has 2 N–H and O–H groups in total. The topological polar surface area (TPSA) is 101 Å². The number of anilines is 1. The summed E-state index contributed by atoms with van der Waals surface area (Å²) in [6.07, 6.45) is 0.768. The molecule has 0 aromatic heterocycles. The van der Waals surface area contributed by atoms with Crippen molar-refractivity contribution in [1.82, 2.24) is 5.32 Å². The molecule has 1 heterocycles. The zero-order chi connectivity index (χ0) is 14.0. The molecule has 1 atom stereocenters. The highest BCUT2D eigenvalue weighted by atomic mass is 16.6. The van der Waals surface area contributed by atoms with Gasteiger partial charge in [0.15, 0.2) is 0 Å². The fourth-order valence-corrected chi connectivity index (χ4v) is 1.89. The number of rotatable bonds is 3. The predicted molar refractivity (Wildman–Crippen MR) is 67.6 cm³/mol. The smallest absolute Gasteiger partial charge is 0.271 e. The molecule has 0 aliphatic carbocycles. The molecule has 0 radical (unpaired) electrons. The highest BCUT2D eigenvalue weighted by Gasteiger charge is 2.27. The number of nitro benzene ring substituents is 1. The largest absolute Gasteiger partial charge is 0.344 e. The number of hydrogen-bond donors (Lipinski definition) is 2. The van der Waals surface area contributed by atoms with E-state index in [1.807, 2.05) is 0 Å². The first-order valence-corrected chi connectivity index (χ1v) is 5.82. The van der Waals surface area contributed by atoms with Crippen LogP contribution in [-0.2, 0) is 9.59 Å². The van der Waals surface area contributed by atoms with Crippen LogP contribution in [0.15, 0.2) is 18.2 Å². The van der Waals surface area contributed by atoms with Gasteiger partial charge >= 0.3 is 0 Å². The molecule has 1 aromatic rings. The molecule has 0 unspecified atom stereocenters. The standard InChI is InChI=1S/C12H13N3O4/c1-7-2-3-8(15(18)19)6-10(7)14-12(17)9-4-5-11(16)13-9/h2-3,6,9H,4-5H2,1H3,(H,13,16)(H,14,17)/t9-/m0/s1. The van der Waals surface area contributed by atoms with Gasteiger partial charge in [0.2, 0.25) is 11.8 Å². The molecule has 1 saturated heterocycles. The van der Waals surface area contributed by atoms with Crippen LogP contribution in [0.3, 0.4) is 0 Å². The van der Waals surface area contributed by atoms with Crippen LogP contribution >= 0.6 is 0 Å². The maximum atomic E-state index is 11.9. The first kappa shape index (κ1) is 13.0. The molecule has 1 aliphatic rings. The van der Waals surface area contributed by atoms with E-state index < -0.39 is 11.0 Å². The van der Waals surface area contributed by atoms with Crippen LogP contribution in [-0.4, -0.2) is 22.8 Å². The van der Waals surface area contributed by atoms with Gasteiger partial charge in [-0.1, -0.05) is 6.07 Å². The number of aryl methyl sites for hydroxylation is 1. The Morgan fingerprint density at radius 2 is 2.26 bits per heavy atom. The number of nitrogens with one attached hydrogen (secondary N) is 2. The van der Waals surface area contributed by atoms with E-state index in [0.29, 0.717) is 18.5 Å². The van der Waals surface area contributed by atoms with Gasteiger partial charge in [-0.3, -0.25) is 19.7 Å². The lowest BCUT2D eigenvalue weighted by molar-refractivity contribution is -0.384. The number of carbonyl (C=O) groups excluding carboxylic acids is 2. The maximum absolute atomic E-state index is 11.9. The highest BCUT2D eigenvalue weighted by molar-refractivity contribution is 5.99. The van der Waals surface area contributed by atoms with Crippen molar-refractivity contribution in [3.05, 3.63) is 33.9 Å². The zero-order valence-electron chi connectivity index (χ0n) is 10.3. The minimum absolute atomic E-state index is 0.0867. The Bertz CT molecular complexity index is 556. The average molecular weight is 263 g/mol. The van der Waals surface area contributed by atoms with Crippen molar-refractivity contribution in [2.45, 2.75) is 25.8 Å². The summed E-state index contributed by atoms with van der Waals surface area (Å²) in [6, 6.07) is 3.69. The molecule has 1 aromatic carbocycles. The number of hydrogen-bond acceptors (Lipinski definition) is 4. The van der Waals surface area contributed by atoms with Crippen molar-refractivity contribution < 1.29 is 14.5 Å². The van der Waals surface area contributed by atoms with Gasteiger partial charge in [0, 0.05) is 18.6 Å². The summed E-state index contributed by atoms with van der Waals surface area (Å²) in [4.78, 5) is 33.1. The van der Waals surface area contributed by atoms with E-state index in [0.717, 1.165) is 5.56 Å². The van der Waals surface area contributed by atoms with Crippen molar-refractivity contribution in [3.63, 3.8) is 0 Å². The Labute approximate surface area is 109 Å². The van der Waals surface area contributed by atoms with Crippen molar-refractivity contribution in [1.29, 1.82) is 0 Å². The molecule has 7 nitrogen and oxygen atoms in total. The first-order chi connectivity index (χ1) is 8.97. The van der Waals surface area contributed by atoms with Crippen LogP contribution in [0.4, 0.5) is 11.4 Å². The average Bonchev–Trinajstić information content (AvgIpc) is 2.78. The minimum atomic E-state index is -0.564. The molecule has 0 saturated carbocycles. The SMILES string of the molecule is Cc1ccc([N+](=O)[O-])cc1NC(=O)[C@@H]1CCC(=O)N1. The lowest BCUT2D eigenvalue weighted by Gasteiger charge is -2.12. The van der Waals surface area contributed by atoms with Crippen LogP contribution < -0.4 is 10.6 Å². The van der Waals surface area contributed by atoms with E-state index in [-0.39, 0.29) is 17.5 Å². The van der Waals surface area contributed by atoms with E-state index in [1.165, 1.54) is 12.1 Å². The number of nitrogens with zero attached hydrogens (tertiary/aromatic N) is 1. The van der Waals surface area contributed by atoms with Gasteiger partial charge < -0.3 is 10.6 Å². The van der Waals surface area contributed by atoms with Crippen LogP contribution in [0.2, 0.25) is 0 Å². The van der Waals surface area contributed by atoms with Crippen LogP contribution in [0.5, 0.6) is 0 Å². The van der Waals surface area contributed by atoms with Gasteiger partial charge in [-0.2, -0.15) is 0 Å². The van der Waals surface area contributed by atoms with Gasteiger partial charge in [0.1, 0.15) is 6.04 Å². The van der Waals surface area contributed by atoms with Crippen LogP contribution in [0.25, 0.3) is 0 Å². The number of nitro groups is 1. The summed E-state index contributed by atoms with van der Waals surface area (Å²) >= 11 is 0. The van der Waals surface area contributed by atoms with Gasteiger partial charge in [-0.15, -0.1) is 0 Å². The van der Waals surface area contributed by atoms with E-state index >= 15 is 0 Å². The number of non-ortho nitro benzene ring substituents is 1. The predicted octanol–water partition coefficient (Wildman–Crippen LogP) is 1.12. The van der Waals surface area contributed by atoms with Gasteiger partial charge in [-0.05, 0) is 18.9 Å². The molecular formula is C12H13N3O4. The summed E-state index contributed by atoms with van der Waals surface area (Å²) in [5.74, 6) is -0.509. The van der Waals surface area contributed by atoms with Gasteiger partial charge in [0.05, 0.1) is 10.6 Å². The lowest BCUT2D eigenvalue weighted by Crippen LogP contribution is -2.37. The fraction of sp³-hybridized carbons (Fsp3) is 0.333. The zero-order valence-corrected chi connectivity index (χ0v) is 10.3. The van der Waals surface area contributed by atoms with Crippen molar-refractivity contribution >= 4 is 23.2 Å².